The number of rotatable bonds is 0. The maximum Gasteiger partial charge on any atom is 0.202 e. The molecule has 0 radical (unpaired) electrons. The summed E-state index contributed by atoms with van der Waals surface area (Å²) in [5, 5.41) is 0.0735. The number of hydrogen-bond donors (Lipinski definition) is 0. The van der Waals surface area contributed by atoms with Crippen LogP contribution < -0.4 is 4.74 Å². The van der Waals surface area contributed by atoms with Crippen molar-refractivity contribution >= 4 is 9.84 Å². The number of aryl methyl sites for hydroxylation is 1. The van der Waals surface area contributed by atoms with Gasteiger partial charge in [0.15, 0.2) is 10.8 Å². The Morgan fingerprint density at radius 3 is 3.08 bits per heavy atom. The summed E-state index contributed by atoms with van der Waals surface area (Å²) >= 11 is 0. The maximum atomic E-state index is 11.4. The molecule has 0 aliphatic carbocycles. The van der Waals surface area contributed by atoms with Crippen molar-refractivity contribution in [2.24, 2.45) is 0 Å². The van der Waals surface area contributed by atoms with Crippen molar-refractivity contribution in [1.82, 2.24) is 4.98 Å². The predicted octanol–water partition coefficient (Wildman–Crippen LogP) is 0.556. The van der Waals surface area contributed by atoms with Crippen LogP contribution in [0.2, 0.25) is 0 Å². The molecule has 1 aromatic heterocycles. The lowest BCUT2D eigenvalue weighted by molar-refractivity contribution is 0.318. The molecule has 0 atom stereocenters. The summed E-state index contributed by atoms with van der Waals surface area (Å²) in [5.41, 5.74) is 0.899. The quantitative estimate of drug-likeness (QED) is 0.612. The summed E-state index contributed by atoms with van der Waals surface area (Å²) in [6.45, 7) is 2.07. The Balaban J connectivity index is 2.66. The number of fused-ring (bicyclic) bond motifs is 1. The largest absolute Gasteiger partial charge is 0.489 e. The first-order valence-electron chi connectivity index (χ1n) is 3.92. The van der Waals surface area contributed by atoms with Crippen molar-refractivity contribution in [2.45, 2.75) is 11.9 Å². The molecular weight excluding hydrogens is 190 g/mol. The Labute approximate surface area is 76.5 Å². The van der Waals surface area contributed by atoms with E-state index >= 15 is 0 Å². The van der Waals surface area contributed by atoms with Crippen molar-refractivity contribution in [3.05, 3.63) is 17.8 Å². The zero-order chi connectivity index (χ0) is 9.47. The van der Waals surface area contributed by atoms with Crippen LogP contribution in [0.25, 0.3) is 0 Å². The van der Waals surface area contributed by atoms with Gasteiger partial charge >= 0.3 is 0 Å². The number of pyridine rings is 1. The molecule has 2 rings (SSSR count). The molecular formula is C8H9NO3S. The lowest BCUT2D eigenvalue weighted by Gasteiger charge is -2.16. The van der Waals surface area contributed by atoms with Crippen molar-refractivity contribution in [2.75, 3.05) is 12.4 Å². The van der Waals surface area contributed by atoms with E-state index < -0.39 is 9.84 Å². The van der Waals surface area contributed by atoms with Crippen molar-refractivity contribution in [1.29, 1.82) is 0 Å². The van der Waals surface area contributed by atoms with Crippen molar-refractivity contribution in [3.8, 4) is 5.75 Å². The average molecular weight is 199 g/mol. The van der Waals surface area contributed by atoms with Crippen molar-refractivity contribution < 1.29 is 13.2 Å². The highest BCUT2D eigenvalue weighted by molar-refractivity contribution is 7.91. The van der Waals surface area contributed by atoms with E-state index in [9.17, 15) is 8.42 Å². The average Bonchev–Trinajstić information content (AvgIpc) is 2.02. The van der Waals surface area contributed by atoms with Crippen LogP contribution in [0.1, 0.15) is 5.56 Å². The van der Waals surface area contributed by atoms with Crippen LogP contribution in [-0.4, -0.2) is 25.8 Å². The number of aromatic nitrogens is 1. The van der Waals surface area contributed by atoms with Crippen molar-refractivity contribution in [3.63, 3.8) is 0 Å². The van der Waals surface area contributed by atoms with Crippen LogP contribution in [0.5, 0.6) is 5.75 Å². The summed E-state index contributed by atoms with van der Waals surface area (Å²) in [4.78, 5) is 3.86. The van der Waals surface area contributed by atoms with Gasteiger partial charge in [-0.3, -0.25) is 0 Å². The maximum absolute atomic E-state index is 11.4. The number of nitrogens with zero attached hydrogens (tertiary/aromatic N) is 1. The van der Waals surface area contributed by atoms with E-state index in [0.717, 1.165) is 5.56 Å². The first kappa shape index (κ1) is 8.50. The Morgan fingerprint density at radius 1 is 1.54 bits per heavy atom. The Bertz CT molecular complexity index is 439. The fraction of sp³-hybridized carbons (Fsp3) is 0.375. The first-order valence-corrected chi connectivity index (χ1v) is 5.57. The van der Waals surface area contributed by atoms with Gasteiger partial charge in [0.2, 0.25) is 9.84 Å². The standard InChI is InChI=1S/C8H9NO3S/c1-6-4-7-8(9-5-6)13(10,11)3-2-12-7/h4-5H,2-3H2,1H3. The highest BCUT2D eigenvalue weighted by Crippen LogP contribution is 2.26. The van der Waals surface area contributed by atoms with Gasteiger partial charge in [0.1, 0.15) is 6.61 Å². The van der Waals surface area contributed by atoms with Crippen LogP contribution >= 0.6 is 0 Å². The minimum Gasteiger partial charge on any atom is -0.489 e. The van der Waals surface area contributed by atoms with E-state index in [1.165, 1.54) is 6.20 Å². The van der Waals surface area contributed by atoms with E-state index in [4.69, 9.17) is 4.74 Å². The first-order chi connectivity index (χ1) is 6.09. The second-order valence-electron chi connectivity index (χ2n) is 2.98. The summed E-state index contributed by atoms with van der Waals surface area (Å²) in [6.07, 6.45) is 1.53. The molecule has 0 amide bonds. The lowest BCUT2D eigenvalue weighted by Crippen LogP contribution is -2.22. The van der Waals surface area contributed by atoms with Gasteiger partial charge in [-0.2, -0.15) is 0 Å². The van der Waals surface area contributed by atoms with E-state index in [1.807, 2.05) is 6.92 Å². The Morgan fingerprint density at radius 2 is 2.31 bits per heavy atom. The SMILES string of the molecule is Cc1cnc2c(c1)OCCS2(=O)=O. The smallest absolute Gasteiger partial charge is 0.202 e. The Hall–Kier alpha value is -1.10. The third-order valence-corrected chi connectivity index (χ3v) is 3.46. The Kier molecular flexibility index (Phi) is 1.76. The topological polar surface area (TPSA) is 56.3 Å². The second-order valence-corrected chi connectivity index (χ2v) is 5.01. The van der Waals surface area contributed by atoms with Gasteiger partial charge in [0.25, 0.3) is 0 Å². The minimum atomic E-state index is -3.19. The molecule has 2 heterocycles. The fourth-order valence-corrected chi connectivity index (χ4v) is 2.36. The zero-order valence-corrected chi connectivity index (χ0v) is 7.97. The molecule has 0 aromatic carbocycles. The molecule has 1 aliphatic heterocycles. The van der Waals surface area contributed by atoms with Crippen LogP contribution in [-0.2, 0) is 9.84 Å². The minimum absolute atomic E-state index is 0.0239. The fourth-order valence-electron chi connectivity index (χ4n) is 1.22. The molecule has 0 N–H and O–H groups in total. The molecule has 0 fully saturated rings. The normalized spacial score (nSPS) is 18.8. The summed E-state index contributed by atoms with van der Waals surface area (Å²) in [5.74, 6) is 0.405. The summed E-state index contributed by atoms with van der Waals surface area (Å²) in [7, 11) is -3.19. The van der Waals surface area contributed by atoms with Gasteiger partial charge < -0.3 is 4.74 Å². The molecule has 1 aromatic rings. The molecule has 4 nitrogen and oxygen atoms in total. The van der Waals surface area contributed by atoms with E-state index in [-0.39, 0.29) is 17.4 Å². The molecule has 13 heavy (non-hydrogen) atoms. The van der Waals surface area contributed by atoms with Crippen LogP contribution in [0.3, 0.4) is 0 Å². The molecule has 0 saturated carbocycles. The third-order valence-electron chi connectivity index (χ3n) is 1.86. The van der Waals surface area contributed by atoms with E-state index in [0.29, 0.717) is 5.75 Å². The van der Waals surface area contributed by atoms with Gasteiger partial charge in [-0.15, -0.1) is 0 Å². The predicted molar refractivity (Wildman–Crippen MR) is 46.5 cm³/mol. The monoisotopic (exact) mass is 199 g/mol. The highest BCUT2D eigenvalue weighted by atomic mass is 32.2. The van der Waals surface area contributed by atoms with Gasteiger partial charge in [-0.05, 0) is 18.6 Å². The number of ether oxygens (including phenoxy) is 1. The molecule has 0 spiro atoms. The van der Waals surface area contributed by atoms with Gasteiger partial charge in [-0.25, -0.2) is 13.4 Å². The van der Waals surface area contributed by atoms with Crippen LogP contribution in [0, 0.1) is 6.92 Å². The molecule has 70 valence electrons. The third kappa shape index (κ3) is 1.39. The zero-order valence-electron chi connectivity index (χ0n) is 7.15. The van der Waals surface area contributed by atoms with Gasteiger partial charge in [0, 0.05) is 6.20 Å². The molecule has 0 saturated heterocycles. The van der Waals surface area contributed by atoms with Crippen LogP contribution in [0.15, 0.2) is 17.3 Å². The molecule has 1 aliphatic rings. The van der Waals surface area contributed by atoms with Gasteiger partial charge in [0.05, 0.1) is 5.75 Å². The number of sulfone groups is 1. The van der Waals surface area contributed by atoms with Crippen LogP contribution in [0.4, 0.5) is 0 Å². The second kappa shape index (κ2) is 2.70. The lowest BCUT2D eigenvalue weighted by atomic mass is 10.3. The highest BCUT2D eigenvalue weighted by Gasteiger charge is 2.26. The molecule has 5 heteroatoms. The van der Waals surface area contributed by atoms with E-state index in [2.05, 4.69) is 4.98 Å². The van der Waals surface area contributed by atoms with Gasteiger partial charge in [-0.1, -0.05) is 0 Å². The molecule has 0 unspecified atom stereocenters. The molecule has 0 bridgehead atoms. The number of hydrogen-bond acceptors (Lipinski definition) is 4. The van der Waals surface area contributed by atoms with E-state index in [1.54, 1.807) is 6.07 Å². The summed E-state index contributed by atoms with van der Waals surface area (Å²) < 4.78 is 28.1. The summed E-state index contributed by atoms with van der Waals surface area (Å²) in [6, 6.07) is 1.69.